The minimum absolute atomic E-state index is 0.341. The van der Waals surface area contributed by atoms with Crippen LogP contribution in [-0.4, -0.2) is 43.0 Å². The van der Waals surface area contributed by atoms with Gasteiger partial charge in [-0.3, -0.25) is 9.67 Å². The SMILES string of the molecule is CN=C(NCc1cnn(Cc2ccccc2)c1)NCC1(CCOC)CCCC1. The predicted octanol–water partition coefficient (Wildman–Crippen LogP) is 3.19. The molecule has 28 heavy (non-hydrogen) atoms. The van der Waals surface area contributed by atoms with Gasteiger partial charge in [-0.15, -0.1) is 0 Å². The smallest absolute Gasteiger partial charge is 0.191 e. The monoisotopic (exact) mass is 383 g/mol. The Labute approximate surface area is 168 Å². The molecule has 0 unspecified atom stereocenters. The fourth-order valence-electron chi connectivity index (χ4n) is 3.99. The molecule has 3 rings (SSSR count). The molecule has 6 nitrogen and oxygen atoms in total. The number of nitrogens with one attached hydrogen (secondary N) is 2. The van der Waals surface area contributed by atoms with Gasteiger partial charge in [0, 0.05) is 45.6 Å². The Morgan fingerprint density at radius 3 is 2.68 bits per heavy atom. The van der Waals surface area contributed by atoms with Gasteiger partial charge in [-0.1, -0.05) is 43.2 Å². The van der Waals surface area contributed by atoms with Gasteiger partial charge in [-0.05, 0) is 30.2 Å². The van der Waals surface area contributed by atoms with Crippen LogP contribution in [0.25, 0.3) is 0 Å². The van der Waals surface area contributed by atoms with Crippen LogP contribution in [0.1, 0.15) is 43.2 Å². The van der Waals surface area contributed by atoms with E-state index >= 15 is 0 Å². The lowest BCUT2D eigenvalue weighted by molar-refractivity contribution is 0.138. The number of benzene rings is 1. The van der Waals surface area contributed by atoms with E-state index in [9.17, 15) is 0 Å². The number of aliphatic imine (C=N–C) groups is 1. The van der Waals surface area contributed by atoms with Gasteiger partial charge in [0.1, 0.15) is 0 Å². The van der Waals surface area contributed by atoms with E-state index in [-0.39, 0.29) is 0 Å². The molecule has 1 aliphatic carbocycles. The molecule has 1 saturated carbocycles. The fraction of sp³-hybridized carbons (Fsp3) is 0.545. The summed E-state index contributed by atoms with van der Waals surface area (Å²) in [5.41, 5.74) is 2.74. The van der Waals surface area contributed by atoms with Crippen molar-refractivity contribution < 1.29 is 4.74 Å². The largest absolute Gasteiger partial charge is 0.385 e. The lowest BCUT2D eigenvalue weighted by Gasteiger charge is -2.29. The Morgan fingerprint density at radius 1 is 1.18 bits per heavy atom. The summed E-state index contributed by atoms with van der Waals surface area (Å²) in [6.45, 7) is 3.27. The summed E-state index contributed by atoms with van der Waals surface area (Å²) < 4.78 is 7.30. The van der Waals surface area contributed by atoms with Crippen LogP contribution in [0.2, 0.25) is 0 Å². The van der Waals surface area contributed by atoms with E-state index in [1.54, 1.807) is 7.11 Å². The van der Waals surface area contributed by atoms with E-state index in [1.165, 1.54) is 31.2 Å². The predicted molar refractivity (Wildman–Crippen MR) is 113 cm³/mol. The second-order valence-corrected chi connectivity index (χ2v) is 7.76. The molecular formula is C22H33N5O. The number of hydrogen-bond acceptors (Lipinski definition) is 3. The molecule has 152 valence electrons. The molecule has 0 saturated heterocycles. The third kappa shape index (κ3) is 5.83. The summed E-state index contributed by atoms with van der Waals surface area (Å²) in [6, 6.07) is 10.4. The number of aromatic nitrogens is 2. The summed E-state index contributed by atoms with van der Waals surface area (Å²) in [7, 11) is 3.61. The van der Waals surface area contributed by atoms with Crippen molar-refractivity contribution in [2.45, 2.75) is 45.2 Å². The van der Waals surface area contributed by atoms with Crippen LogP contribution in [0.4, 0.5) is 0 Å². The van der Waals surface area contributed by atoms with Gasteiger partial charge >= 0.3 is 0 Å². The molecule has 2 N–H and O–H groups in total. The van der Waals surface area contributed by atoms with Crippen LogP contribution < -0.4 is 10.6 Å². The lowest BCUT2D eigenvalue weighted by atomic mass is 9.83. The van der Waals surface area contributed by atoms with E-state index in [0.29, 0.717) is 12.0 Å². The van der Waals surface area contributed by atoms with Crippen molar-refractivity contribution in [3.8, 4) is 0 Å². The molecule has 1 heterocycles. The van der Waals surface area contributed by atoms with Crippen molar-refractivity contribution in [1.82, 2.24) is 20.4 Å². The average Bonchev–Trinajstić information content (AvgIpc) is 3.37. The van der Waals surface area contributed by atoms with E-state index in [4.69, 9.17) is 4.74 Å². The summed E-state index contributed by atoms with van der Waals surface area (Å²) >= 11 is 0. The van der Waals surface area contributed by atoms with Crippen molar-refractivity contribution in [1.29, 1.82) is 0 Å². The summed E-state index contributed by atoms with van der Waals surface area (Å²) in [6.07, 6.45) is 10.3. The van der Waals surface area contributed by atoms with Crippen molar-refractivity contribution in [3.63, 3.8) is 0 Å². The van der Waals surface area contributed by atoms with E-state index in [1.807, 2.05) is 24.0 Å². The molecule has 0 amide bonds. The molecule has 0 radical (unpaired) electrons. The topological polar surface area (TPSA) is 63.5 Å². The zero-order valence-corrected chi connectivity index (χ0v) is 17.2. The highest BCUT2D eigenvalue weighted by Gasteiger charge is 2.33. The first kappa shape index (κ1) is 20.4. The Kier molecular flexibility index (Phi) is 7.48. The Morgan fingerprint density at radius 2 is 1.96 bits per heavy atom. The minimum atomic E-state index is 0.341. The van der Waals surface area contributed by atoms with E-state index in [2.05, 4.69) is 51.2 Å². The fourth-order valence-corrected chi connectivity index (χ4v) is 3.99. The van der Waals surface area contributed by atoms with Gasteiger partial charge in [0.25, 0.3) is 0 Å². The number of nitrogens with zero attached hydrogens (tertiary/aromatic N) is 3. The first-order chi connectivity index (χ1) is 13.7. The van der Waals surface area contributed by atoms with Gasteiger partial charge < -0.3 is 15.4 Å². The van der Waals surface area contributed by atoms with Crippen LogP contribution in [0.5, 0.6) is 0 Å². The quantitative estimate of drug-likeness (QED) is 0.516. The molecular weight excluding hydrogens is 350 g/mol. The first-order valence-electron chi connectivity index (χ1n) is 10.2. The molecule has 1 aliphatic rings. The number of methoxy groups -OCH3 is 1. The van der Waals surface area contributed by atoms with Crippen LogP contribution in [0.15, 0.2) is 47.7 Å². The maximum absolute atomic E-state index is 5.33. The number of ether oxygens (including phenoxy) is 1. The van der Waals surface area contributed by atoms with E-state index in [0.717, 1.165) is 37.6 Å². The maximum Gasteiger partial charge on any atom is 0.191 e. The van der Waals surface area contributed by atoms with Gasteiger partial charge in [-0.2, -0.15) is 5.10 Å². The molecule has 1 fully saturated rings. The zero-order chi connectivity index (χ0) is 19.7. The van der Waals surface area contributed by atoms with Gasteiger partial charge in [0.05, 0.1) is 12.7 Å². The normalized spacial score (nSPS) is 16.3. The lowest BCUT2D eigenvalue weighted by Crippen LogP contribution is -2.43. The Hall–Kier alpha value is -2.34. The third-order valence-electron chi connectivity index (χ3n) is 5.69. The van der Waals surface area contributed by atoms with Gasteiger partial charge in [-0.25, -0.2) is 0 Å². The highest BCUT2D eigenvalue weighted by molar-refractivity contribution is 5.79. The zero-order valence-electron chi connectivity index (χ0n) is 17.2. The standard InChI is InChI=1S/C22H33N5O/c1-23-21(25-18-22(12-13-28-2)10-6-7-11-22)24-14-20-15-26-27(17-20)16-19-8-4-3-5-9-19/h3-5,8-9,15,17H,6-7,10-14,16,18H2,1-2H3,(H2,23,24,25). The molecule has 0 aliphatic heterocycles. The highest BCUT2D eigenvalue weighted by Crippen LogP contribution is 2.40. The van der Waals surface area contributed by atoms with Crippen LogP contribution >= 0.6 is 0 Å². The Bertz CT molecular complexity index is 734. The molecule has 0 atom stereocenters. The number of rotatable bonds is 9. The molecule has 2 aromatic rings. The number of guanidine groups is 1. The summed E-state index contributed by atoms with van der Waals surface area (Å²) in [4.78, 5) is 4.39. The van der Waals surface area contributed by atoms with E-state index < -0.39 is 0 Å². The van der Waals surface area contributed by atoms with Crippen molar-refractivity contribution in [2.24, 2.45) is 10.4 Å². The molecule has 0 spiro atoms. The van der Waals surface area contributed by atoms with Crippen LogP contribution in [0.3, 0.4) is 0 Å². The Balaban J connectivity index is 1.47. The minimum Gasteiger partial charge on any atom is -0.385 e. The van der Waals surface area contributed by atoms with Gasteiger partial charge in [0.15, 0.2) is 5.96 Å². The molecule has 0 bridgehead atoms. The number of hydrogen-bond donors (Lipinski definition) is 2. The highest BCUT2D eigenvalue weighted by atomic mass is 16.5. The molecule has 1 aromatic carbocycles. The first-order valence-corrected chi connectivity index (χ1v) is 10.2. The average molecular weight is 384 g/mol. The molecule has 6 heteroatoms. The van der Waals surface area contributed by atoms with Crippen LogP contribution in [-0.2, 0) is 17.8 Å². The second-order valence-electron chi connectivity index (χ2n) is 7.76. The summed E-state index contributed by atoms with van der Waals surface area (Å²) in [5, 5.41) is 11.4. The van der Waals surface area contributed by atoms with Gasteiger partial charge in [0.2, 0.25) is 0 Å². The van der Waals surface area contributed by atoms with Crippen molar-refractivity contribution in [3.05, 3.63) is 53.9 Å². The maximum atomic E-state index is 5.33. The third-order valence-corrected chi connectivity index (χ3v) is 5.69. The van der Waals surface area contributed by atoms with Crippen molar-refractivity contribution >= 4 is 5.96 Å². The van der Waals surface area contributed by atoms with Crippen molar-refractivity contribution in [2.75, 3.05) is 27.3 Å². The second kappa shape index (κ2) is 10.3. The molecule has 1 aromatic heterocycles. The summed E-state index contributed by atoms with van der Waals surface area (Å²) in [5.74, 6) is 0.847. The van der Waals surface area contributed by atoms with Crippen LogP contribution in [0, 0.1) is 5.41 Å².